The summed E-state index contributed by atoms with van der Waals surface area (Å²) in [7, 11) is 0. The summed E-state index contributed by atoms with van der Waals surface area (Å²) in [6.45, 7) is -0.814. The van der Waals surface area contributed by atoms with Crippen LogP contribution in [0.15, 0.2) is 35.8 Å². The van der Waals surface area contributed by atoms with Gasteiger partial charge in [0.05, 0.1) is 6.04 Å². The second-order valence-electron chi connectivity index (χ2n) is 3.65. The Bertz CT molecular complexity index is 473. The number of thiazole rings is 1. The number of hydrogen-bond acceptors (Lipinski definition) is 4. The summed E-state index contributed by atoms with van der Waals surface area (Å²) >= 11 is 1.51. The van der Waals surface area contributed by atoms with E-state index in [0.717, 1.165) is 10.7 Å². The van der Waals surface area contributed by atoms with Gasteiger partial charge in [0.15, 0.2) is 5.13 Å². The lowest BCUT2D eigenvalue weighted by Crippen LogP contribution is -2.06. The third kappa shape index (κ3) is 3.40. The average Bonchev–Trinajstić information content (AvgIpc) is 2.82. The van der Waals surface area contributed by atoms with Gasteiger partial charge in [0, 0.05) is 11.6 Å². The highest BCUT2D eigenvalue weighted by molar-refractivity contribution is 7.13. The minimum atomic E-state index is -2.79. The van der Waals surface area contributed by atoms with Crippen molar-refractivity contribution in [2.24, 2.45) is 0 Å². The van der Waals surface area contributed by atoms with Crippen molar-refractivity contribution in [2.45, 2.75) is 19.6 Å². The van der Waals surface area contributed by atoms with Crippen LogP contribution in [0.2, 0.25) is 0 Å². The Balaban J connectivity index is 2.00. The van der Waals surface area contributed by atoms with Crippen LogP contribution in [0.25, 0.3) is 0 Å². The molecule has 0 radical (unpaired) electrons. The van der Waals surface area contributed by atoms with Gasteiger partial charge in [-0.2, -0.15) is 8.78 Å². The molecule has 0 spiro atoms. The van der Waals surface area contributed by atoms with Crippen molar-refractivity contribution in [3.8, 4) is 5.75 Å². The molecule has 0 aliphatic carbocycles. The molecule has 2 rings (SSSR count). The molecule has 1 atom stereocenters. The quantitative estimate of drug-likeness (QED) is 0.894. The Morgan fingerprint density at radius 1 is 1.28 bits per heavy atom. The molecule has 0 aliphatic heterocycles. The Kier molecular flexibility index (Phi) is 4.09. The molecule has 3 nitrogen and oxygen atoms in total. The van der Waals surface area contributed by atoms with Crippen LogP contribution in [0.3, 0.4) is 0 Å². The molecule has 2 aromatic rings. The molecule has 18 heavy (non-hydrogen) atoms. The molecular weight excluding hydrogens is 258 g/mol. The molecule has 6 heteroatoms. The number of nitrogens with zero attached hydrogens (tertiary/aromatic N) is 1. The van der Waals surface area contributed by atoms with Crippen molar-refractivity contribution in [1.82, 2.24) is 4.98 Å². The number of anilines is 1. The first-order valence-electron chi connectivity index (χ1n) is 5.36. The minimum absolute atomic E-state index is 0.0525. The van der Waals surface area contributed by atoms with E-state index in [0.29, 0.717) is 0 Å². The minimum Gasteiger partial charge on any atom is -0.435 e. The highest BCUT2D eigenvalue weighted by Crippen LogP contribution is 2.23. The molecule has 1 heterocycles. The lowest BCUT2D eigenvalue weighted by atomic mass is 10.1. The number of benzene rings is 1. The van der Waals surface area contributed by atoms with Gasteiger partial charge in [-0.1, -0.05) is 12.1 Å². The molecule has 1 aromatic carbocycles. The lowest BCUT2D eigenvalue weighted by molar-refractivity contribution is -0.0498. The average molecular weight is 270 g/mol. The van der Waals surface area contributed by atoms with Crippen LogP contribution in [0.4, 0.5) is 13.9 Å². The van der Waals surface area contributed by atoms with Crippen molar-refractivity contribution in [2.75, 3.05) is 5.32 Å². The van der Waals surface area contributed by atoms with Gasteiger partial charge in [-0.15, -0.1) is 11.3 Å². The zero-order valence-corrected chi connectivity index (χ0v) is 10.5. The number of rotatable bonds is 5. The van der Waals surface area contributed by atoms with E-state index in [2.05, 4.69) is 15.0 Å². The Hall–Kier alpha value is -1.69. The molecule has 0 fully saturated rings. The van der Waals surface area contributed by atoms with Gasteiger partial charge in [0.1, 0.15) is 5.75 Å². The number of halogens is 2. The van der Waals surface area contributed by atoms with Gasteiger partial charge < -0.3 is 10.1 Å². The van der Waals surface area contributed by atoms with Crippen molar-refractivity contribution in [1.29, 1.82) is 0 Å². The van der Waals surface area contributed by atoms with Crippen molar-refractivity contribution in [3.05, 3.63) is 41.4 Å². The molecular formula is C12H12F2N2OS. The number of hydrogen-bond donors (Lipinski definition) is 1. The first-order chi connectivity index (χ1) is 8.65. The number of alkyl halides is 2. The summed E-state index contributed by atoms with van der Waals surface area (Å²) in [4.78, 5) is 4.12. The molecule has 0 bridgehead atoms. The van der Waals surface area contributed by atoms with Gasteiger partial charge >= 0.3 is 6.61 Å². The smallest absolute Gasteiger partial charge is 0.387 e. The first-order valence-corrected chi connectivity index (χ1v) is 6.24. The fraction of sp³-hybridized carbons (Fsp3) is 0.250. The van der Waals surface area contributed by atoms with Crippen LogP contribution in [-0.4, -0.2) is 11.6 Å². The van der Waals surface area contributed by atoms with Crippen LogP contribution >= 0.6 is 11.3 Å². The molecule has 1 unspecified atom stereocenters. The number of nitrogens with one attached hydrogen (secondary N) is 1. The summed E-state index contributed by atoms with van der Waals surface area (Å²) < 4.78 is 28.3. The van der Waals surface area contributed by atoms with E-state index in [4.69, 9.17) is 0 Å². The second-order valence-corrected chi connectivity index (χ2v) is 4.55. The maximum atomic E-state index is 12.0. The SMILES string of the molecule is CC(Nc1nccs1)c1ccc(OC(F)F)cc1. The highest BCUT2D eigenvalue weighted by atomic mass is 32.1. The van der Waals surface area contributed by atoms with Crippen LogP contribution in [-0.2, 0) is 0 Å². The van der Waals surface area contributed by atoms with E-state index < -0.39 is 6.61 Å². The van der Waals surface area contributed by atoms with E-state index in [-0.39, 0.29) is 11.8 Å². The van der Waals surface area contributed by atoms with Gasteiger partial charge in [0.25, 0.3) is 0 Å². The second kappa shape index (κ2) is 5.77. The van der Waals surface area contributed by atoms with Crippen molar-refractivity contribution in [3.63, 3.8) is 0 Å². The largest absolute Gasteiger partial charge is 0.435 e. The van der Waals surface area contributed by atoms with Gasteiger partial charge in [-0.05, 0) is 24.6 Å². The Morgan fingerprint density at radius 2 is 2.00 bits per heavy atom. The lowest BCUT2D eigenvalue weighted by Gasteiger charge is -2.13. The van der Waals surface area contributed by atoms with Crippen molar-refractivity contribution >= 4 is 16.5 Å². The summed E-state index contributed by atoms with van der Waals surface area (Å²) in [6.07, 6.45) is 1.72. The van der Waals surface area contributed by atoms with Gasteiger partial charge in [-0.3, -0.25) is 0 Å². The Morgan fingerprint density at radius 3 is 2.56 bits per heavy atom. The standard InChI is InChI=1S/C12H12F2N2OS/c1-8(16-12-15-6-7-18-12)9-2-4-10(5-3-9)17-11(13)14/h2-8,11H,1H3,(H,15,16). The highest BCUT2D eigenvalue weighted by Gasteiger charge is 2.08. The van der Waals surface area contributed by atoms with E-state index in [9.17, 15) is 8.78 Å². The molecule has 0 aliphatic rings. The topological polar surface area (TPSA) is 34.2 Å². The zero-order valence-electron chi connectivity index (χ0n) is 9.64. The summed E-state index contributed by atoms with van der Waals surface area (Å²) in [5, 5.41) is 5.93. The first kappa shape index (κ1) is 12.8. The van der Waals surface area contributed by atoms with Crippen LogP contribution in [0, 0.1) is 0 Å². The van der Waals surface area contributed by atoms with Gasteiger partial charge in [-0.25, -0.2) is 4.98 Å². The predicted molar refractivity (Wildman–Crippen MR) is 67.2 cm³/mol. The van der Waals surface area contributed by atoms with Crippen LogP contribution in [0.5, 0.6) is 5.75 Å². The predicted octanol–water partition coefficient (Wildman–Crippen LogP) is 3.92. The fourth-order valence-electron chi connectivity index (χ4n) is 1.50. The fourth-order valence-corrected chi connectivity index (χ4v) is 2.12. The summed E-state index contributed by atoms with van der Waals surface area (Å²) in [5.41, 5.74) is 0.979. The Labute approximate surface area is 107 Å². The molecule has 1 N–H and O–H groups in total. The van der Waals surface area contributed by atoms with Crippen LogP contribution < -0.4 is 10.1 Å². The maximum absolute atomic E-state index is 12.0. The number of aromatic nitrogens is 1. The molecule has 0 saturated heterocycles. The van der Waals surface area contributed by atoms with E-state index in [1.54, 1.807) is 18.3 Å². The van der Waals surface area contributed by atoms with E-state index >= 15 is 0 Å². The normalized spacial score (nSPS) is 12.4. The third-order valence-corrected chi connectivity index (χ3v) is 3.08. The third-order valence-electron chi connectivity index (χ3n) is 2.38. The summed E-state index contributed by atoms with van der Waals surface area (Å²) in [6, 6.07) is 6.62. The van der Waals surface area contributed by atoms with Crippen LogP contribution in [0.1, 0.15) is 18.5 Å². The summed E-state index contributed by atoms with van der Waals surface area (Å²) in [5.74, 6) is 0.162. The van der Waals surface area contributed by atoms with E-state index in [1.807, 2.05) is 12.3 Å². The van der Waals surface area contributed by atoms with Gasteiger partial charge in [0.2, 0.25) is 0 Å². The molecule has 1 aromatic heterocycles. The molecule has 96 valence electrons. The molecule has 0 amide bonds. The zero-order chi connectivity index (χ0) is 13.0. The number of ether oxygens (including phenoxy) is 1. The van der Waals surface area contributed by atoms with Crippen molar-refractivity contribution < 1.29 is 13.5 Å². The monoisotopic (exact) mass is 270 g/mol. The maximum Gasteiger partial charge on any atom is 0.387 e. The molecule has 0 saturated carbocycles. The van der Waals surface area contributed by atoms with E-state index in [1.165, 1.54) is 23.5 Å².